The number of carbonyl (C=O) groups is 2. The first kappa shape index (κ1) is 24.8. The summed E-state index contributed by atoms with van der Waals surface area (Å²) in [6, 6.07) is 20.7. The zero-order chi connectivity index (χ0) is 24.7. The van der Waals surface area contributed by atoms with Crippen molar-refractivity contribution in [1.29, 1.82) is 0 Å². The third-order valence-electron chi connectivity index (χ3n) is 4.87. The molecule has 0 atom stereocenters. The number of rotatable bonds is 9. The topological polar surface area (TPSA) is 102 Å². The molecule has 0 heterocycles. The Morgan fingerprint density at radius 2 is 1.62 bits per heavy atom. The summed E-state index contributed by atoms with van der Waals surface area (Å²) in [7, 11) is -2.44. The number of carbonyl (C=O) groups excluding carboxylic acids is 2. The standard InChI is InChI=1S/C25H26N2O6S/c1-18(2)27(21-9-5-4-6-10-21)24(28)17-33-25(29)19-8-7-11-23(16-19)34(30,31)26-20-12-14-22(32-3)15-13-20/h4-16,18,26H,17H2,1-3H3. The van der Waals surface area contributed by atoms with Crippen molar-refractivity contribution >= 4 is 33.3 Å². The molecule has 0 unspecified atom stereocenters. The van der Waals surface area contributed by atoms with Crippen LogP contribution in [-0.4, -0.2) is 40.1 Å². The van der Waals surface area contributed by atoms with Gasteiger partial charge in [-0.25, -0.2) is 13.2 Å². The van der Waals surface area contributed by atoms with Crippen molar-refractivity contribution in [2.24, 2.45) is 0 Å². The fourth-order valence-electron chi connectivity index (χ4n) is 3.26. The largest absolute Gasteiger partial charge is 0.497 e. The maximum Gasteiger partial charge on any atom is 0.338 e. The number of amides is 1. The van der Waals surface area contributed by atoms with Gasteiger partial charge in [0.05, 0.1) is 17.6 Å². The highest BCUT2D eigenvalue weighted by atomic mass is 32.2. The first-order chi connectivity index (χ1) is 16.2. The molecule has 9 heteroatoms. The van der Waals surface area contributed by atoms with Gasteiger partial charge in [0.15, 0.2) is 6.61 Å². The van der Waals surface area contributed by atoms with Crippen LogP contribution < -0.4 is 14.4 Å². The molecular formula is C25H26N2O6S. The van der Waals surface area contributed by atoms with Gasteiger partial charge in [0.2, 0.25) is 0 Å². The quantitative estimate of drug-likeness (QED) is 0.461. The van der Waals surface area contributed by atoms with Gasteiger partial charge in [-0.2, -0.15) is 0 Å². The second-order valence-corrected chi connectivity index (χ2v) is 9.31. The molecule has 8 nitrogen and oxygen atoms in total. The van der Waals surface area contributed by atoms with E-state index in [1.807, 2.05) is 32.0 Å². The molecule has 34 heavy (non-hydrogen) atoms. The van der Waals surface area contributed by atoms with E-state index in [9.17, 15) is 18.0 Å². The number of nitrogens with one attached hydrogen (secondary N) is 1. The fourth-order valence-corrected chi connectivity index (χ4v) is 4.37. The van der Waals surface area contributed by atoms with Crippen molar-refractivity contribution in [2.45, 2.75) is 24.8 Å². The van der Waals surface area contributed by atoms with E-state index in [0.717, 1.165) is 0 Å². The Hall–Kier alpha value is -3.85. The lowest BCUT2D eigenvalue weighted by Gasteiger charge is -2.26. The molecule has 3 rings (SSSR count). The minimum Gasteiger partial charge on any atom is -0.497 e. The predicted octanol–water partition coefficient (Wildman–Crippen LogP) is 4.09. The van der Waals surface area contributed by atoms with E-state index in [2.05, 4.69) is 4.72 Å². The number of methoxy groups -OCH3 is 1. The van der Waals surface area contributed by atoms with Gasteiger partial charge in [-0.1, -0.05) is 24.3 Å². The Labute approximate surface area is 199 Å². The first-order valence-electron chi connectivity index (χ1n) is 10.5. The number of sulfonamides is 1. The molecule has 3 aromatic rings. The van der Waals surface area contributed by atoms with Crippen molar-refractivity contribution in [1.82, 2.24) is 0 Å². The third kappa shape index (κ3) is 6.14. The summed E-state index contributed by atoms with van der Waals surface area (Å²) >= 11 is 0. The van der Waals surface area contributed by atoms with Crippen LogP contribution in [0.1, 0.15) is 24.2 Å². The number of esters is 1. The summed E-state index contributed by atoms with van der Waals surface area (Å²) in [6.07, 6.45) is 0. The number of benzene rings is 3. The van der Waals surface area contributed by atoms with Crippen LogP contribution in [0.5, 0.6) is 5.75 Å². The zero-order valence-corrected chi connectivity index (χ0v) is 19.9. The second-order valence-electron chi connectivity index (χ2n) is 7.63. The van der Waals surface area contributed by atoms with Crippen molar-refractivity contribution in [3.8, 4) is 5.75 Å². The van der Waals surface area contributed by atoms with Gasteiger partial charge in [-0.05, 0) is 68.4 Å². The van der Waals surface area contributed by atoms with Crippen molar-refractivity contribution in [2.75, 3.05) is 23.3 Å². The smallest absolute Gasteiger partial charge is 0.338 e. The summed E-state index contributed by atoms with van der Waals surface area (Å²) in [5.74, 6) is -0.600. The maximum absolute atomic E-state index is 12.8. The lowest BCUT2D eigenvalue weighted by atomic mass is 10.2. The van der Waals surface area contributed by atoms with Crippen LogP contribution in [0, 0.1) is 0 Å². The van der Waals surface area contributed by atoms with Crippen LogP contribution in [0.2, 0.25) is 0 Å². The maximum atomic E-state index is 12.8. The third-order valence-corrected chi connectivity index (χ3v) is 6.25. The van der Waals surface area contributed by atoms with Gasteiger partial charge in [-0.3, -0.25) is 9.52 Å². The monoisotopic (exact) mass is 482 g/mol. The van der Waals surface area contributed by atoms with Crippen LogP contribution in [0.3, 0.4) is 0 Å². The summed E-state index contributed by atoms with van der Waals surface area (Å²) in [4.78, 5) is 26.7. The number of hydrogen-bond acceptors (Lipinski definition) is 6. The van der Waals surface area contributed by atoms with E-state index in [-0.39, 0.29) is 22.4 Å². The van der Waals surface area contributed by atoms with Gasteiger partial charge in [0, 0.05) is 17.4 Å². The average Bonchev–Trinajstić information content (AvgIpc) is 2.83. The van der Waals surface area contributed by atoms with Crippen LogP contribution in [-0.2, 0) is 19.6 Å². The fraction of sp³-hybridized carbons (Fsp3) is 0.200. The van der Waals surface area contributed by atoms with Gasteiger partial charge in [0.25, 0.3) is 15.9 Å². The molecule has 0 saturated heterocycles. The second kappa shape index (κ2) is 10.8. The molecule has 0 spiro atoms. The van der Waals surface area contributed by atoms with Gasteiger partial charge in [-0.15, -0.1) is 0 Å². The predicted molar refractivity (Wildman–Crippen MR) is 130 cm³/mol. The number of nitrogens with zero attached hydrogens (tertiary/aromatic N) is 1. The average molecular weight is 483 g/mol. The number of anilines is 2. The van der Waals surface area contributed by atoms with E-state index in [4.69, 9.17) is 9.47 Å². The highest BCUT2D eigenvalue weighted by molar-refractivity contribution is 7.92. The summed E-state index contributed by atoms with van der Waals surface area (Å²) in [5.41, 5.74) is 1.05. The SMILES string of the molecule is COc1ccc(NS(=O)(=O)c2cccc(C(=O)OCC(=O)N(c3ccccc3)C(C)C)c2)cc1. The lowest BCUT2D eigenvalue weighted by molar-refractivity contribution is -0.122. The summed E-state index contributed by atoms with van der Waals surface area (Å²) < 4.78 is 38.2. The Morgan fingerprint density at radius 1 is 0.941 bits per heavy atom. The lowest BCUT2D eigenvalue weighted by Crippen LogP contribution is -2.39. The molecule has 0 radical (unpaired) electrons. The molecule has 0 fully saturated rings. The molecule has 0 aliphatic rings. The number of ether oxygens (including phenoxy) is 2. The minimum atomic E-state index is -3.95. The number of para-hydroxylation sites is 1. The molecule has 1 N–H and O–H groups in total. The molecule has 0 aliphatic carbocycles. The van der Waals surface area contributed by atoms with Crippen molar-refractivity contribution in [3.63, 3.8) is 0 Å². The minimum absolute atomic E-state index is 0.0150. The highest BCUT2D eigenvalue weighted by Crippen LogP contribution is 2.21. The Kier molecular flexibility index (Phi) is 7.91. The van der Waals surface area contributed by atoms with Crippen molar-refractivity contribution < 1.29 is 27.5 Å². The normalized spacial score (nSPS) is 11.1. The summed E-state index contributed by atoms with van der Waals surface area (Å²) in [6.45, 7) is 3.24. The Balaban J connectivity index is 1.69. The molecular weight excluding hydrogens is 456 g/mol. The van der Waals surface area contributed by atoms with E-state index in [1.165, 1.54) is 36.3 Å². The van der Waals surface area contributed by atoms with Crippen molar-refractivity contribution in [3.05, 3.63) is 84.4 Å². The molecule has 178 valence electrons. The van der Waals surface area contributed by atoms with Crippen LogP contribution in [0.15, 0.2) is 83.8 Å². The molecule has 0 bridgehead atoms. The zero-order valence-electron chi connectivity index (χ0n) is 19.1. The molecule has 1 amide bonds. The Bertz CT molecular complexity index is 1240. The molecule has 3 aromatic carbocycles. The van der Waals surface area contributed by atoms with E-state index >= 15 is 0 Å². The number of hydrogen-bond donors (Lipinski definition) is 1. The van der Waals surface area contributed by atoms with Gasteiger partial charge in [0.1, 0.15) is 5.75 Å². The first-order valence-corrected chi connectivity index (χ1v) is 12.0. The molecule has 0 aromatic heterocycles. The van der Waals surface area contributed by atoms with Gasteiger partial charge >= 0.3 is 5.97 Å². The van der Waals surface area contributed by atoms with E-state index in [1.54, 1.807) is 36.4 Å². The molecule has 0 aliphatic heterocycles. The van der Waals surface area contributed by atoms with Crippen LogP contribution in [0.4, 0.5) is 11.4 Å². The van der Waals surface area contributed by atoms with Crippen LogP contribution >= 0.6 is 0 Å². The summed E-state index contributed by atoms with van der Waals surface area (Å²) in [5, 5.41) is 0. The van der Waals surface area contributed by atoms with E-state index < -0.39 is 22.6 Å². The van der Waals surface area contributed by atoms with E-state index in [0.29, 0.717) is 17.1 Å². The Morgan fingerprint density at radius 3 is 2.24 bits per heavy atom. The molecule has 0 saturated carbocycles. The van der Waals surface area contributed by atoms with Gasteiger partial charge < -0.3 is 14.4 Å². The van der Waals surface area contributed by atoms with Crippen LogP contribution in [0.25, 0.3) is 0 Å². The highest BCUT2D eigenvalue weighted by Gasteiger charge is 2.22.